The van der Waals surface area contributed by atoms with Gasteiger partial charge in [0.25, 0.3) is 0 Å². The SMILES string of the molecule is CC(=O)NC(Cc1ccc(C)cc1)C(=O)NC(CCCN=C(N)N)C(=O)N(C)C(Cc1ccccc1)C(N)=O. The van der Waals surface area contributed by atoms with Crippen LogP contribution in [0, 0.1) is 6.92 Å². The van der Waals surface area contributed by atoms with Gasteiger partial charge in [0.15, 0.2) is 5.96 Å². The first-order valence-electron chi connectivity index (χ1n) is 12.8. The molecule has 0 saturated heterocycles. The van der Waals surface area contributed by atoms with Crippen molar-refractivity contribution >= 4 is 29.6 Å². The molecule has 0 aliphatic carbocycles. The van der Waals surface area contributed by atoms with E-state index in [1.165, 1.54) is 18.9 Å². The van der Waals surface area contributed by atoms with Crippen LogP contribution in [0.2, 0.25) is 0 Å². The van der Waals surface area contributed by atoms with Crippen LogP contribution in [0.1, 0.15) is 36.5 Å². The third-order valence-corrected chi connectivity index (χ3v) is 6.23. The third-order valence-electron chi connectivity index (χ3n) is 6.23. The summed E-state index contributed by atoms with van der Waals surface area (Å²) < 4.78 is 0. The summed E-state index contributed by atoms with van der Waals surface area (Å²) in [5, 5.41) is 5.44. The number of benzene rings is 2. The number of carbonyl (C=O) groups excluding carboxylic acids is 4. The molecule has 0 aliphatic heterocycles. The minimum atomic E-state index is -1.01. The number of hydrogen-bond donors (Lipinski definition) is 5. The fourth-order valence-corrected chi connectivity index (χ4v) is 4.11. The van der Waals surface area contributed by atoms with E-state index in [1.54, 1.807) is 0 Å². The van der Waals surface area contributed by atoms with Crippen LogP contribution in [0.3, 0.4) is 0 Å². The van der Waals surface area contributed by atoms with Crippen LogP contribution in [0.4, 0.5) is 0 Å². The van der Waals surface area contributed by atoms with Crippen LogP contribution >= 0.6 is 0 Å². The Bertz CT molecular complexity index is 1150. The Morgan fingerprint density at radius 3 is 2.05 bits per heavy atom. The number of carbonyl (C=O) groups is 4. The van der Waals surface area contributed by atoms with Crippen molar-refractivity contribution in [2.75, 3.05) is 13.6 Å². The molecule has 0 heterocycles. The predicted molar refractivity (Wildman–Crippen MR) is 150 cm³/mol. The molecular formula is C28H39N7O4. The fraction of sp³-hybridized carbons (Fsp3) is 0.393. The molecule has 2 aromatic rings. The number of aliphatic imine (C=N–C) groups is 1. The van der Waals surface area contributed by atoms with Gasteiger partial charge in [-0.3, -0.25) is 24.2 Å². The zero-order chi connectivity index (χ0) is 28.9. The van der Waals surface area contributed by atoms with Crippen molar-refractivity contribution in [3.8, 4) is 0 Å². The molecule has 0 aromatic heterocycles. The summed E-state index contributed by atoms with van der Waals surface area (Å²) in [6.45, 7) is 3.52. The van der Waals surface area contributed by atoms with Crippen molar-refractivity contribution in [2.24, 2.45) is 22.2 Å². The molecule has 8 N–H and O–H groups in total. The number of aryl methyl sites for hydroxylation is 1. The van der Waals surface area contributed by atoms with Crippen LogP contribution in [0.25, 0.3) is 0 Å². The molecule has 0 saturated carbocycles. The number of hydrogen-bond acceptors (Lipinski definition) is 5. The second kappa shape index (κ2) is 15.1. The standard InChI is InChI=1S/C28H39N7O4/c1-18-11-13-21(14-12-18)16-23(33-19(2)36)26(38)34-22(10-7-15-32-28(30)31)27(39)35(3)24(25(29)37)17-20-8-5-4-6-9-20/h4-6,8-9,11-14,22-24H,7,10,15-17H2,1-3H3,(H2,29,37)(H,33,36)(H,34,38)(H4,30,31,32). The van der Waals surface area contributed by atoms with Crippen LogP contribution < -0.4 is 27.8 Å². The van der Waals surface area contributed by atoms with Crippen molar-refractivity contribution in [3.63, 3.8) is 0 Å². The molecular weight excluding hydrogens is 498 g/mol. The maximum Gasteiger partial charge on any atom is 0.245 e. The van der Waals surface area contributed by atoms with Crippen molar-refractivity contribution in [2.45, 2.75) is 57.7 Å². The highest BCUT2D eigenvalue weighted by atomic mass is 16.2. The Morgan fingerprint density at radius 1 is 0.872 bits per heavy atom. The lowest BCUT2D eigenvalue weighted by molar-refractivity contribution is -0.141. The average Bonchev–Trinajstić information content (AvgIpc) is 2.89. The van der Waals surface area contributed by atoms with Gasteiger partial charge in [0, 0.05) is 33.4 Å². The van der Waals surface area contributed by atoms with Crippen LogP contribution in [0.15, 0.2) is 59.6 Å². The number of guanidine groups is 1. The quantitative estimate of drug-likeness (QED) is 0.129. The molecule has 0 fully saturated rings. The smallest absolute Gasteiger partial charge is 0.245 e. The van der Waals surface area contributed by atoms with E-state index in [1.807, 2.05) is 61.5 Å². The summed E-state index contributed by atoms with van der Waals surface area (Å²) in [7, 11) is 1.48. The van der Waals surface area contributed by atoms with Crippen LogP contribution in [-0.2, 0) is 32.0 Å². The first-order valence-corrected chi connectivity index (χ1v) is 12.8. The number of amides is 4. The molecule has 0 bridgehead atoms. The lowest BCUT2D eigenvalue weighted by Crippen LogP contribution is -2.57. The lowest BCUT2D eigenvalue weighted by Gasteiger charge is -2.31. The van der Waals surface area contributed by atoms with E-state index in [2.05, 4.69) is 15.6 Å². The fourth-order valence-electron chi connectivity index (χ4n) is 4.11. The maximum absolute atomic E-state index is 13.6. The van der Waals surface area contributed by atoms with E-state index in [0.717, 1.165) is 16.7 Å². The van der Waals surface area contributed by atoms with E-state index >= 15 is 0 Å². The number of rotatable bonds is 14. The number of primary amides is 1. The van der Waals surface area contributed by atoms with Gasteiger partial charge in [-0.2, -0.15) is 0 Å². The van der Waals surface area contributed by atoms with Gasteiger partial charge in [-0.1, -0.05) is 60.2 Å². The summed E-state index contributed by atoms with van der Waals surface area (Å²) in [5.41, 5.74) is 19.2. The van der Waals surface area contributed by atoms with E-state index in [9.17, 15) is 19.2 Å². The second-order valence-corrected chi connectivity index (χ2v) is 9.51. The molecule has 210 valence electrons. The maximum atomic E-state index is 13.6. The molecule has 0 aliphatic rings. The number of nitrogens with two attached hydrogens (primary N) is 3. The summed E-state index contributed by atoms with van der Waals surface area (Å²) in [6, 6.07) is 13.9. The largest absolute Gasteiger partial charge is 0.370 e. The molecule has 2 aromatic carbocycles. The molecule has 0 spiro atoms. The number of nitrogens with zero attached hydrogens (tertiary/aromatic N) is 2. The van der Waals surface area contributed by atoms with Gasteiger partial charge < -0.3 is 32.7 Å². The lowest BCUT2D eigenvalue weighted by atomic mass is 10.0. The minimum Gasteiger partial charge on any atom is -0.370 e. The normalized spacial score (nSPS) is 12.9. The highest BCUT2D eigenvalue weighted by molar-refractivity contribution is 5.94. The van der Waals surface area contributed by atoms with Gasteiger partial charge in [0.1, 0.15) is 18.1 Å². The van der Waals surface area contributed by atoms with Crippen molar-refractivity contribution in [1.29, 1.82) is 0 Å². The van der Waals surface area contributed by atoms with Gasteiger partial charge in [-0.25, -0.2) is 0 Å². The predicted octanol–water partition coefficient (Wildman–Crippen LogP) is 0.136. The molecule has 3 atom stereocenters. The zero-order valence-electron chi connectivity index (χ0n) is 22.7. The van der Waals surface area contributed by atoms with Gasteiger partial charge in [0.2, 0.25) is 23.6 Å². The zero-order valence-corrected chi connectivity index (χ0v) is 22.7. The second-order valence-electron chi connectivity index (χ2n) is 9.51. The molecule has 39 heavy (non-hydrogen) atoms. The van der Waals surface area contributed by atoms with E-state index in [4.69, 9.17) is 17.2 Å². The summed E-state index contributed by atoms with van der Waals surface area (Å²) in [6.07, 6.45) is 1.02. The molecule has 4 amide bonds. The van der Waals surface area contributed by atoms with Crippen LogP contribution in [-0.4, -0.2) is 66.2 Å². The molecule has 11 heteroatoms. The van der Waals surface area contributed by atoms with Crippen LogP contribution in [0.5, 0.6) is 0 Å². The minimum absolute atomic E-state index is 0.0838. The summed E-state index contributed by atoms with van der Waals surface area (Å²) >= 11 is 0. The first kappa shape index (κ1) is 30.8. The monoisotopic (exact) mass is 537 g/mol. The molecule has 0 radical (unpaired) electrons. The Hall–Kier alpha value is -4.41. The van der Waals surface area contributed by atoms with Gasteiger partial charge in [-0.05, 0) is 30.9 Å². The Labute approximate surface area is 229 Å². The molecule has 2 rings (SSSR count). The van der Waals surface area contributed by atoms with Gasteiger partial charge in [0.05, 0.1) is 0 Å². The number of likely N-dealkylation sites (N-methyl/N-ethyl adjacent to an activating group) is 1. The van der Waals surface area contributed by atoms with E-state index in [-0.39, 0.29) is 37.7 Å². The Kier molecular flexibility index (Phi) is 11.9. The molecule has 11 nitrogen and oxygen atoms in total. The van der Waals surface area contributed by atoms with Gasteiger partial charge >= 0.3 is 0 Å². The third kappa shape index (κ3) is 10.5. The van der Waals surface area contributed by atoms with Crippen molar-refractivity contribution < 1.29 is 19.2 Å². The first-order chi connectivity index (χ1) is 18.5. The topological polar surface area (TPSA) is 186 Å². The average molecular weight is 538 g/mol. The van der Waals surface area contributed by atoms with Crippen molar-refractivity contribution in [3.05, 3.63) is 71.3 Å². The summed E-state index contributed by atoms with van der Waals surface area (Å²) in [5.74, 6) is -2.16. The summed E-state index contributed by atoms with van der Waals surface area (Å²) in [4.78, 5) is 56.4. The molecule has 3 unspecified atom stereocenters. The van der Waals surface area contributed by atoms with E-state index < -0.39 is 35.8 Å². The van der Waals surface area contributed by atoms with Crippen molar-refractivity contribution in [1.82, 2.24) is 15.5 Å². The Balaban J connectivity index is 2.26. The van der Waals surface area contributed by atoms with E-state index in [0.29, 0.717) is 6.42 Å². The highest BCUT2D eigenvalue weighted by Gasteiger charge is 2.32. The highest BCUT2D eigenvalue weighted by Crippen LogP contribution is 2.13. The Morgan fingerprint density at radius 2 is 1.49 bits per heavy atom. The van der Waals surface area contributed by atoms with Gasteiger partial charge in [-0.15, -0.1) is 0 Å². The number of nitrogens with one attached hydrogen (secondary N) is 2.